The molecule has 0 radical (unpaired) electrons. The normalized spacial score (nSPS) is 14.5. The zero-order valence-corrected chi connectivity index (χ0v) is 14.5. The summed E-state index contributed by atoms with van der Waals surface area (Å²) in [7, 11) is 2.14. The highest BCUT2D eigenvalue weighted by Crippen LogP contribution is 2.30. The highest BCUT2D eigenvalue weighted by Gasteiger charge is 2.23. The molecule has 1 aromatic heterocycles. The largest absolute Gasteiger partial charge is 0.326 e. The molecule has 2 nitrogen and oxygen atoms in total. The Kier molecular flexibility index (Phi) is 5.38. The third-order valence-electron chi connectivity index (χ3n) is 3.40. The molecule has 108 valence electrons. The lowest BCUT2D eigenvalue weighted by atomic mass is 10.1. The zero-order chi connectivity index (χ0) is 14.7. The van der Waals surface area contributed by atoms with Crippen molar-refractivity contribution in [3.05, 3.63) is 56.2 Å². The minimum absolute atomic E-state index is 0.0977. The van der Waals surface area contributed by atoms with Gasteiger partial charge in [-0.15, -0.1) is 11.3 Å². The van der Waals surface area contributed by atoms with E-state index in [0.29, 0.717) is 0 Å². The average Bonchev–Trinajstić information content (AvgIpc) is 2.78. The van der Waals surface area contributed by atoms with Crippen LogP contribution in [-0.4, -0.2) is 18.0 Å². The van der Waals surface area contributed by atoms with Gasteiger partial charge in [-0.25, -0.2) is 0 Å². The van der Waals surface area contributed by atoms with Gasteiger partial charge in [0.2, 0.25) is 0 Å². The van der Waals surface area contributed by atoms with E-state index in [4.69, 9.17) is 5.73 Å². The first-order valence-electron chi connectivity index (χ1n) is 6.74. The van der Waals surface area contributed by atoms with Crippen LogP contribution in [0.1, 0.15) is 28.3 Å². The summed E-state index contributed by atoms with van der Waals surface area (Å²) in [6, 6.07) is 13.1. The van der Waals surface area contributed by atoms with Crippen molar-refractivity contribution in [1.29, 1.82) is 0 Å². The summed E-state index contributed by atoms with van der Waals surface area (Å²) in [5.74, 6) is 0. The first-order valence-corrected chi connectivity index (χ1v) is 8.35. The van der Waals surface area contributed by atoms with Crippen molar-refractivity contribution < 1.29 is 0 Å². The number of hydrogen-bond acceptors (Lipinski definition) is 3. The lowest BCUT2D eigenvalue weighted by Gasteiger charge is -2.30. The van der Waals surface area contributed by atoms with Crippen LogP contribution in [-0.2, 0) is 6.54 Å². The zero-order valence-electron chi connectivity index (χ0n) is 12.1. The Balaban J connectivity index is 2.20. The van der Waals surface area contributed by atoms with Gasteiger partial charge in [-0.2, -0.15) is 0 Å². The smallest absolute Gasteiger partial charge is 0.0591 e. The molecule has 0 saturated carbocycles. The van der Waals surface area contributed by atoms with E-state index in [1.54, 1.807) is 0 Å². The minimum atomic E-state index is 0.0977. The van der Waals surface area contributed by atoms with Crippen LogP contribution in [0, 0.1) is 6.92 Å². The van der Waals surface area contributed by atoms with Crippen LogP contribution in [0.15, 0.2) is 40.9 Å². The minimum Gasteiger partial charge on any atom is -0.326 e. The van der Waals surface area contributed by atoms with Gasteiger partial charge < -0.3 is 5.73 Å². The number of halogens is 1. The molecule has 0 saturated heterocycles. The van der Waals surface area contributed by atoms with E-state index >= 15 is 0 Å². The molecule has 20 heavy (non-hydrogen) atoms. The first kappa shape index (κ1) is 15.7. The highest BCUT2D eigenvalue weighted by atomic mass is 79.9. The van der Waals surface area contributed by atoms with Crippen LogP contribution >= 0.6 is 27.3 Å². The van der Waals surface area contributed by atoms with Crippen molar-refractivity contribution in [3.8, 4) is 0 Å². The fraction of sp³-hybridized carbons (Fsp3) is 0.375. The second-order valence-corrected chi connectivity index (χ2v) is 7.43. The van der Waals surface area contributed by atoms with Crippen LogP contribution in [0.2, 0.25) is 0 Å². The molecule has 4 heteroatoms. The molecule has 2 atom stereocenters. The fourth-order valence-corrected chi connectivity index (χ4v) is 4.05. The maximum atomic E-state index is 6.22. The van der Waals surface area contributed by atoms with Gasteiger partial charge in [-0.1, -0.05) is 34.1 Å². The van der Waals surface area contributed by atoms with Gasteiger partial charge >= 0.3 is 0 Å². The monoisotopic (exact) mass is 352 g/mol. The van der Waals surface area contributed by atoms with Gasteiger partial charge in [0.25, 0.3) is 0 Å². The van der Waals surface area contributed by atoms with Crippen molar-refractivity contribution >= 4 is 27.3 Å². The summed E-state index contributed by atoms with van der Waals surface area (Å²) >= 11 is 5.45. The van der Waals surface area contributed by atoms with Crippen molar-refractivity contribution in [3.63, 3.8) is 0 Å². The molecule has 0 aliphatic carbocycles. The predicted octanol–water partition coefficient (Wildman–Crippen LogP) is 4.34. The Morgan fingerprint density at radius 1 is 1.25 bits per heavy atom. The van der Waals surface area contributed by atoms with Crippen molar-refractivity contribution in [1.82, 2.24) is 4.90 Å². The second kappa shape index (κ2) is 6.85. The molecule has 0 aliphatic rings. The Morgan fingerprint density at radius 2 is 1.95 bits per heavy atom. The van der Waals surface area contributed by atoms with Gasteiger partial charge in [0.1, 0.15) is 0 Å². The van der Waals surface area contributed by atoms with Crippen molar-refractivity contribution in [2.45, 2.75) is 32.5 Å². The van der Waals surface area contributed by atoms with E-state index in [0.717, 1.165) is 11.0 Å². The molecule has 0 amide bonds. The number of nitrogens with two attached hydrogens (primary N) is 1. The maximum Gasteiger partial charge on any atom is 0.0591 e. The summed E-state index contributed by atoms with van der Waals surface area (Å²) < 4.78 is 1.15. The summed E-state index contributed by atoms with van der Waals surface area (Å²) in [4.78, 5) is 5.00. The van der Waals surface area contributed by atoms with E-state index in [2.05, 4.69) is 72.1 Å². The van der Waals surface area contributed by atoms with Crippen molar-refractivity contribution in [2.24, 2.45) is 5.73 Å². The number of nitrogens with zero attached hydrogens (tertiary/aromatic N) is 1. The number of hydrogen-bond donors (Lipinski definition) is 1. The summed E-state index contributed by atoms with van der Waals surface area (Å²) in [5, 5.41) is 0. The van der Waals surface area contributed by atoms with Gasteiger partial charge in [0, 0.05) is 26.8 Å². The van der Waals surface area contributed by atoms with Gasteiger partial charge in [-0.05, 0) is 44.7 Å². The quantitative estimate of drug-likeness (QED) is 0.866. The fourth-order valence-electron chi connectivity index (χ4n) is 2.48. The molecule has 1 aromatic carbocycles. The van der Waals surface area contributed by atoms with Crippen LogP contribution in [0.3, 0.4) is 0 Å². The molecular formula is C16H21BrN2S. The summed E-state index contributed by atoms with van der Waals surface area (Å²) in [6.07, 6.45) is 0. The number of likely N-dealkylation sites (N-methyl/N-ethyl adjacent to an activating group) is 1. The lowest BCUT2D eigenvalue weighted by Crippen LogP contribution is -2.36. The highest BCUT2D eigenvalue weighted by molar-refractivity contribution is 9.10. The van der Waals surface area contributed by atoms with Crippen LogP contribution in [0.5, 0.6) is 0 Å². The average molecular weight is 353 g/mol. The molecule has 2 N–H and O–H groups in total. The molecule has 1 heterocycles. The van der Waals surface area contributed by atoms with Crippen LogP contribution in [0.25, 0.3) is 0 Å². The van der Waals surface area contributed by atoms with Gasteiger partial charge in [0.05, 0.1) is 6.04 Å². The Morgan fingerprint density at radius 3 is 2.50 bits per heavy atom. The second-order valence-electron chi connectivity index (χ2n) is 5.26. The van der Waals surface area contributed by atoms with E-state index < -0.39 is 0 Å². The number of benzene rings is 1. The van der Waals surface area contributed by atoms with Crippen molar-refractivity contribution in [2.75, 3.05) is 7.05 Å². The Hall–Kier alpha value is -0.680. The van der Waals surface area contributed by atoms with Gasteiger partial charge in [0.15, 0.2) is 0 Å². The Bertz CT molecular complexity index is 565. The predicted molar refractivity (Wildman–Crippen MR) is 91.1 cm³/mol. The number of aryl methyl sites for hydroxylation is 1. The third kappa shape index (κ3) is 3.70. The standard InChI is InChI=1S/C16H21BrN2S/c1-11-8-9-15(20-11)16(12(2)18)19(3)10-13-6-4-5-7-14(13)17/h4-9,12,16H,10,18H2,1-3H3. The molecular weight excluding hydrogens is 332 g/mol. The van der Waals surface area contributed by atoms with Crippen LogP contribution < -0.4 is 5.73 Å². The lowest BCUT2D eigenvalue weighted by molar-refractivity contribution is 0.214. The van der Waals surface area contributed by atoms with E-state index in [1.807, 2.05) is 17.4 Å². The molecule has 2 unspecified atom stereocenters. The molecule has 2 rings (SSSR count). The Labute approximate surface area is 133 Å². The topological polar surface area (TPSA) is 29.3 Å². The molecule has 0 fully saturated rings. The molecule has 0 aliphatic heterocycles. The first-order chi connectivity index (χ1) is 9.49. The van der Waals surface area contributed by atoms with E-state index in [9.17, 15) is 0 Å². The van der Waals surface area contributed by atoms with E-state index in [-0.39, 0.29) is 12.1 Å². The summed E-state index contributed by atoms with van der Waals surface area (Å²) in [5.41, 5.74) is 7.51. The third-order valence-corrected chi connectivity index (χ3v) is 5.25. The van der Waals surface area contributed by atoms with E-state index in [1.165, 1.54) is 15.3 Å². The van der Waals surface area contributed by atoms with Gasteiger partial charge in [-0.3, -0.25) is 4.90 Å². The molecule has 2 aromatic rings. The van der Waals surface area contributed by atoms with Crippen LogP contribution in [0.4, 0.5) is 0 Å². The summed E-state index contributed by atoms with van der Waals surface area (Å²) in [6.45, 7) is 5.10. The SMILES string of the molecule is Cc1ccc(C(C(C)N)N(C)Cc2ccccc2Br)s1. The number of rotatable bonds is 5. The maximum absolute atomic E-state index is 6.22. The number of thiophene rings is 1. The molecule has 0 bridgehead atoms. The molecule has 0 spiro atoms.